The van der Waals surface area contributed by atoms with E-state index in [1.54, 1.807) is 42.5 Å². The molecule has 2 aromatic carbocycles. The Hall–Kier alpha value is -6.74. The molecular formula is C64H92O19. The third-order valence-corrected chi connectivity index (χ3v) is 12.1. The zero-order valence-electron chi connectivity index (χ0n) is 49.0. The molecule has 1 aliphatic rings. The first-order valence-corrected chi connectivity index (χ1v) is 28.9. The van der Waals surface area contributed by atoms with Crippen LogP contribution in [0.15, 0.2) is 113 Å². The molecule has 0 saturated heterocycles. The number of benzene rings is 2. The standard InChI is InChI=1S/C64H92O19/c1-8-36-76-79-48-23-20-43-71-58-31-26-53(61(72-44-18-15-40-68-12-5)64(58)75-47-22-25-50-81-78-38-10-3)28-34-59(65)82-55-30-33-56(52(7)51-55)83-60(66)35-29-54-27-32-57(70-42-17-14-39-67-11-4)63(74-46-19-16-41-69-13-6)62(54)73-45-21-24-49-80-77-37-9-2/h8-13,26-29,31-32,34-35,52,55-56H,1-6,14-25,30,33,36-51H2,7H3/t52?,55-,56-/m1/s1. The van der Waals surface area contributed by atoms with E-state index in [4.69, 9.17) is 81.4 Å². The summed E-state index contributed by atoms with van der Waals surface area (Å²) in [5.74, 6) is 1.49. The first-order valence-electron chi connectivity index (χ1n) is 28.9. The zero-order chi connectivity index (χ0) is 59.6. The molecule has 19 heteroatoms. The van der Waals surface area contributed by atoms with Crippen LogP contribution in [0, 0.1) is 5.92 Å². The van der Waals surface area contributed by atoms with E-state index in [2.05, 4.69) is 39.5 Å². The lowest BCUT2D eigenvalue weighted by Crippen LogP contribution is -2.35. The summed E-state index contributed by atoms with van der Waals surface area (Å²) >= 11 is 0. The second kappa shape index (κ2) is 47.7. The molecule has 0 amide bonds. The van der Waals surface area contributed by atoms with Gasteiger partial charge in [-0.05, 0) is 139 Å². The van der Waals surface area contributed by atoms with Crippen molar-refractivity contribution in [2.24, 2.45) is 5.92 Å². The molecule has 1 saturated carbocycles. The normalized spacial score (nSPS) is 14.7. The number of hydrogen-bond donors (Lipinski definition) is 0. The van der Waals surface area contributed by atoms with Crippen LogP contribution in [0.5, 0.6) is 34.5 Å². The summed E-state index contributed by atoms with van der Waals surface area (Å²) < 4.78 is 66.0. The quantitative estimate of drug-likeness (QED) is 0.0115. The molecule has 0 radical (unpaired) electrons. The summed E-state index contributed by atoms with van der Waals surface area (Å²) in [5.41, 5.74) is 1.19. The summed E-state index contributed by atoms with van der Waals surface area (Å²) in [7, 11) is 0. The summed E-state index contributed by atoms with van der Waals surface area (Å²) in [6, 6.07) is 7.24. The topological polar surface area (TPSA) is 191 Å². The van der Waals surface area contributed by atoms with Gasteiger partial charge in [-0.15, -0.1) is 19.7 Å². The van der Waals surface area contributed by atoms with Crippen LogP contribution < -0.4 is 28.4 Å². The van der Waals surface area contributed by atoms with E-state index in [0.29, 0.717) is 209 Å². The minimum Gasteiger partial charge on any atom is -0.502 e. The molecule has 0 bridgehead atoms. The van der Waals surface area contributed by atoms with Gasteiger partial charge in [-0.1, -0.05) is 44.9 Å². The second-order valence-corrected chi connectivity index (χ2v) is 18.7. The number of carbonyl (C=O) groups excluding carboxylic acids is 2. The fraction of sp³-hybridized carbons (Fsp3) is 0.531. The van der Waals surface area contributed by atoms with Crippen LogP contribution in [0.1, 0.15) is 114 Å². The van der Waals surface area contributed by atoms with Gasteiger partial charge in [0.2, 0.25) is 11.5 Å². The molecule has 1 unspecified atom stereocenters. The predicted molar refractivity (Wildman–Crippen MR) is 317 cm³/mol. The van der Waals surface area contributed by atoms with Crippen molar-refractivity contribution in [3.05, 3.63) is 124 Å². The Kier molecular flexibility index (Phi) is 40.5. The molecular weight excluding hydrogens is 1070 g/mol. The summed E-state index contributed by atoms with van der Waals surface area (Å²) in [6.07, 6.45) is 24.2. The van der Waals surface area contributed by atoms with Crippen molar-refractivity contribution in [3.8, 4) is 34.5 Å². The van der Waals surface area contributed by atoms with Gasteiger partial charge in [0.25, 0.3) is 0 Å². The molecule has 83 heavy (non-hydrogen) atoms. The molecule has 0 aromatic heterocycles. The molecule has 0 spiro atoms. The van der Waals surface area contributed by atoms with Crippen LogP contribution in [-0.2, 0) is 62.6 Å². The van der Waals surface area contributed by atoms with Crippen LogP contribution in [0.2, 0.25) is 0 Å². The highest BCUT2D eigenvalue weighted by Gasteiger charge is 2.32. The molecule has 0 N–H and O–H groups in total. The lowest BCUT2D eigenvalue weighted by atomic mass is 9.86. The Balaban J connectivity index is 1.75. The highest BCUT2D eigenvalue weighted by atomic mass is 17.2. The molecule has 462 valence electrons. The van der Waals surface area contributed by atoms with Gasteiger partial charge in [0.1, 0.15) is 32.0 Å². The Morgan fingerprint density at radius 2 is 0.771 bits per heavy atom. The molecule has 3 atom stereocenters. The maximum atomic E-state index is 13.5. The van der Waals surface area contributed by atoms with E-state index < -0.39 is 24.1 Å². The number of hydrogen-bond acceptors (Lipinski definition) is 19. The SMILES string of the molecule is C=CCOOCCCCOc1ccc(C=CC(=O)O[C@@H]2CC[C@@H](OC(=O)C=Cc3ccc(OCCCCOC=C)c(OCCCCOC=C)c3OCCCCOOCC=C)C(C)C2)c(OCCCCOC=C)c1OCCCCOOCC=C. The minimum atomic E-state index is -0.530. The third kappa shape index (κ3) is 32.1. The van der Waals surface area contributed by atoms with E-state index in [9.17, 15) is 9.59 Å². The van der Waals surface area contributed by atoms with Crippen LogP contribution in [0.4, 0.5) is 0 Å². The molecule has 0 aliphatic heterocycles. The first kappa shape index (κ1) is 70.5. The third-order valence-electron chi connectivity index (χ3n) is 12.1. The van der Waals surface area contributed by atoms with Crippen LogP contribution in [0.25, 0.3) is 12.2 Å². The van der Waals surface area contributed by atoms with Crippen LogP contribution in [0.3, 0.4) is 0 Å². The van der Waals surface area contributed by atoms with Crippen molar-refractivity contribution in [2.75, 3.05) is 99.1 Å². The second-order valence-electron chi connectivity index (χ2n) is 18.7. The highest BCUT2D eigenvalue weighted by Crippen LogP contribution is 2.43. The van der Waals surface area contributed by atoms with Gasteiger partial charge in [0.05, 0.1) is 98.1 Å². The number of unbranched alkanes of at least 4 members (excludes halogenated alkanes) is 6. The van der Waals surface area contributed by atoms with Crippen molar-refractivity contribution in [1.29, 1.82) is 0 Å². The van der Waals surface area contributed by atoms with E-state index in [-0.39, 0.29) is 12.5 Å². The van der Waals surface area contributed by atoms with Gasteiger partial charge in [-0.2, -0.15) is 0 Å². The molecule has 1 fully saturated rings. The van der Waals surface area contributed by atoms with Crippen molar-refractivity contribution in [2.45, 2.75) is 115 Å². The van der Waals surface area contributed by atoms with Crippen molar-refractivity contribution < 1.29 is 91.0 Å². The Morgan fingerprint density at radius 1 is 0.422 bits per heavy atom. The van der Waals surface area contributed by atoms with Crippen molar-refractivity contribution in [1.82, 2.24) is 0 Å². The van der Waals surface area contributed by atoms with Gasteiger partial charge in [0, 0.05) is 23.3 Å². The Bertz CT molecular complexity index is 2190. The molecule has 1 aliphatic carbocycles. The van der Waals surface area contributed by atoms with Gasteiger partial charge in [0.15, 0.2) is 23.0 Å². The van der Waals surface area contributed by atoms with Gasteiger partial charge < -0.3 is 52.1 Å². The molecule has 19 nitrogen and oxygen atoms in total. The minimum absolute atomic E-state index is 0.113. The number of carbonyl (C=O) groups is 2. The monoisotopic (exact) mass is 1160 g/mol. The average molecular weight is 1170 g/mol. The molecule has 2 aromatic rings. The fourth-order valence-corrected chi connectivity index (χ4v) is 7.92. The Morgan fingerprint density at radius 3 is 1.14 bits per heavy atom. The Labute approximate surface area is 492 Å². The predicted octanol–water partition coefficient (Wildman–Crippen LogP) is 12.9. The summed E-state index contributed by atoms with van der Waals surface area (Å²) in [6.45, 7) is 29.4. The van der Waals surface area contributed by atoms with Crippen LogP contribution >= 0.6 is 0 Å². The highest BCUT2D eigenvalue weighted by molar-refractivity contribution is 5.89. The smallest absolute Gasteiger partial charge is 0.331 e. The van der Waals surface area contributed by atoms with Crippen molar-refractivity contribution >= 4 is 24.1 Å². The van der Waals surface area contributed by atoms with Gasteiger partial charge >= 0.3 is 11.9 Å². The molecule has 0 heterocycles. The van der Waals surface area contributed by atoms with Crippen molar-refractivity contribution in [3.63, 3.8) is 0 Å². The van der Waals surface area contributed by atoms with Gasteiger partial charge in [-0.3, -0.25) is 0 Å². The lowest BCUT2D eigenvalue weighted by molar-refractivity contribution is -0.286. The van der Waals surface area contributed by atoms with Crippen LogP contribution in [-0.4, -0.2) is 123 Å². The molecule has 3 rings (SSSR count). The largest absolute Gasteiger partial charge is 0.502 e. The van der Waals surface area contributed by atoms with Gasteiger partial charge in [-0.25, -0.2) is 38.9 Å². The van der Waals surface area contributed by atoms with E-state index in [1.165, 1.54) is 30.9 Å². The maximum absolute atomic E-state index is 13.5. The summed E-state index contributed by atoms with van der Waals surface area (Å²) in [4.78, 5) is 57.8. The lowest BCUT2D eigenvalue weighted by Gasteiger charge is -2.32. The van der Waals surface area contributed by atoms with E-state index in [0.717, 1.165) is 25.7 Å². The first-order chi connectivity index (χ1) is 40.8. The maximum Gasteiger partial charge on any atom is 0.331 e. The number of ether oxygens (including phenoxy) is 11. The number of esters is 2. The average Bonchev–Trinajstić information content (AvgIpc) is 3.48. The van der Waals surface area contributed by atoms with E-state index in [1.807, 2.05) is 19.1 Å². The zero-order valence-corrected chi connectivity index (χ0v) is 49.0. The van der Waals surface area contributed by atoms with E-state index >= 15 is 0 Å². The number of rotatable bonds is 54. The summed E-state index contributed by atoms with van der Waals surface area (Å²) in [5, 5.41) is 0. The fourth-order valence-electron chi connectivity index (χ4n) is 7.92.